The molecule has 0 spiro atoms. The van der Waals surface area contributed by atoms with Crippen LogP contribution in [0.4, 0.5) is 0 Å². The highest BCUT2D eigenvalue weighted by molar-refractivity contribution is 6.23. The maximum absolute atomic E-state index is 9.77. The highest BCUT2D eigenvalue weighted by Gasteiger charge is 2.39. The van der Waals surface area contributed by atoms with Crippen LogP contribution in [0.5, 0.6) is 0 Å². The lowest BCUT2D eigenvalue weighted by Gasteiger charge is -2.45. The Morgan fingerprint density at radius 1 is 0.816 bits per heavy atom. The normalized spacial score (nSPS) is 20.3. The highest BCUT2D eigenvalue weighted by atomic mass is 16.3. The average Bonchev–Trinajstić information content (AvgIpc) is 3.29. The first kappa shape index (κ1) is 19.4. The van der Waals surface area contributed by atoms with Crippen LogP contribution in [0.25, 0.3) is 54.7 Å². The molecule has 1 saturated carbocycles. The first-order chi connectivity index (χ1) is 19.7. The number of pyridine rings is 1. The van der Waals surface area contributed by atoms with Crippen LogP contribution in [0.1, 0.15) is 69.5 Å². The maximum atomic E-state index is 9.77. The van der Waals surface area contributed by atoms with Crippen LogP contribution in [0.2, 0.25) is 0 Å². The van der Waals surface area contributed by atoms with E-state index in [1.54, 1.807) is 0 Å². The molecule has 2 heterocycles. The van der Waals surface area contributed by atoms with Crippen molar-refractivity contribution in [2.24, 2.45) is 10.8 Å². The van der Waals surface area contributed by atoms with Gasteiger partial charge in [-0.25, -0.2) is 0 Å². The second-order valence-corrected chi connectivity index (χ2v) is 12.7. The molecule has 7 rings (SSSR count). The topological polar surface area (TPSA) is 26.0 Å². The molecule has 0 atom stereocenters. The Hall–Kier alpha value is -3.65. The van der Waals surface area contributed by atoms with Crippen molar-refractivity contribution in [2.45, 2.75) is 59.7 Å². The Kier molecular flexibility index (Phi) is 4.18. The second-order valence-electron chi connectivity index (χ2n) is 12.7. The minimum Gasteiger partial charge on any atom is -0.455 e. The summed E-state index contributed by atoms with van der Waals surface area (Å²) in [6, 6.07) is 24.8. The number of para-hydroxylation sites is 1. The molecule has 0 N–H and O–H groups in total. The van der Waals surface area contributed by atoms with E-state index in [0.29, 0.717) is 24.1 Å². The van der Waals surface area contributed by atoms with Gasteiger partial charge in [0, 0.05) is 33.4 Å². The minimum atomic E-state index is -2.37. The lowest BCUT2D eigenvalue weighted by Crippen LogP contribution is -2.33. The third-order valence-electron chi connectivity index (χ3n) is 8.27. The van der Waals surface area contributed by atoms with Crippen molar-refractivity contribution in [3.63, 3.8) is 0 Å². The van der Waals surface area contributed by atoms with Gasteiger partial charge in [0.15, 0.2) is 0 Å². The summed E-state index contributed by atoms with van der Waals surface area (Å²) in [5.74, 6) is -1.05. The number of furan rings is 1. The smallest absolute Gasteiger partial charge is 0.144 e. The Labute approximate surface area is 230 Å². The van der Waals surface area contributed by atoms with Crippen molar-refractivity contribution in [3.8, 4) is 11.3 Å². The molecule has 1 aliphatic carbocycles. The first-order valence-electron chi connectivity index (χ1n) is 15.5. The SMILES string of the molecule is [2H]C([2H])([2H])c1cnc(-c2cccc3c2oc2c3ccc3ccc4ccccc4c32)cc1C1([2H])CC(C)(C)CC(C)(C)C1. The Bertz CT molecular complexity index is 2020. The molecular weight excluding hydrogens is 462 g/mol. The summed E-state index contributed by atoms with van der Waals surface area (Å²) in [6.45, 7) is 6.40. The van der Waals surface area contributed by atoms with Gasteiger partial charge in [-0.05, 0) is 88.3 Å². The molecule has 1 fully saturated rings. The van der Waals surface area contributed by atoms with Crippen molar-refractivity contribution >= 4 is 43.5 Å². The van der Waals surface area contributed by atoms with Crippen molar-refractivity contribution < 1.29 is 9.90 Å². The van der Waals surface area contributed by atoms with Crippen LogP contribution in [0, 0.1) is 17.7 Å². The van der Waals surface area contributed by atoms with Crippen LogP contribution in [-0.4, -0.2) is 4.98 Å². The quantitative estimate of drug-likeness (QED) is 0.221. The van der Waals surface area contributed by atoms with Gasteiger partial charge >= 0.3 is 0 Å². The van der Waals surface area contributed by atoms with Gasteiger partial charge in [0.25, 0.3) is 0 Å². The van der Waals surface area contributed by atoms with E-state index in [2.05, 4.69) is 76.2 Å². The molecule has 0 radical (unpaired) electrons. The van der Waals surface area contributed by atoms with Crippen molar-refractivity contribution in [1.29, 1.82) is 0 Å². The fourth-order valence-corrected chi connectivity index (χ4v) is 7.27. The molecule has 4 aromatic carbocycles. The van der Waals surface area contributed by atoms with Gasteiger partial charge in [-0.1, -0.05) is 82.3 Å². The summed E-state index contributed by atoms with van der Waals surface area (Å²) in [4.78, 5) is 4.70. The molecule has 0 saturated heterocycles. The number of aromatic nitrogens is 1. The first-order valence-corrected chi connectivity index (χ1v) is 13.5. The highest BCUT2D eigenvalue weighted by Crippen LogP contribution is 2.52. The van der Waals surface area contributed by atoms with Gasteiger partial charge in [0.05, 0.1) is 5.69 Å². The van der Waals surface area contributed by atoms with E-state index in [1.807, 2.05) is 24.3 Å². The van der Waals surface area contributed by atoms with Crippen LogP contribution in [0.15, 0.2) is 83.4 Å². The van der Waals surface area contributed by atoms with E-state index in [1.165, 1.54) is 6.20 Å². The zero-order chi connectivity index (χ0) is 29.7. The lowest BCUT2D eigenvalue weighted by atomic mass is 9.60. The molecule has 6 aromatic rings. The molecule has 0 unspecified atom stereocenters. The zero-order valence-corrected chi connectivity index (χ0v) is 22.5. The van der Waals surface area contributed by atoms with Gasteiger partial charge < -0.3 is 4.42 Å². The van der Waals surface area contributed by atoms with Gasteiger partial charge in [-0.3, -0.25) is 4.98 Å². The van der Waals surface area contributed by atoms with E-state index in [-0.39, 0.29) is 16.4 Å². The molecular formula is C36H35NO. The Balaban J connectivity index is 1.48. The third kappa shape index (κ3) is 3.73. The zero-order valence-electron chi connectivity index (χ0n) is 26.5. The van der Waals surface area contributed by atoms with Gasteiger partial charge in [-0.15, -0.1) is 0 Å². The number of rotatable bonds is 2. The maximum Gasteiger partial charge on any atom is 0.144 e. The average molecular weight is 502 g/mol. The van der Waals surface area contributed by atoms with E-state index in [0.717, 1.165) is 55.5 Å². The largest absolute Gasteiger partial charge is 0.455 e. The molecule has 38 heavy (non-hydrogen) atoms. The van der Waals surface area contributed by atoms with Crippen LogP contribution < -0.4 is 0 Å². The molecule has 0 aliphatic heterocycles. The van der Waals surface area contributed by atoms with Gasteiger partial charge in [-0.2, -0.15) is 0 Å². The Morgan fingerprint density at radius 3 is 2.34 bits per heavy atom. The molecule has 2 heteroatoms. The number of aryl methyl sites for hydroxylation is 1. The Morgan fingerprint density at radius 2 is 1.53 bits per heavy atom. The molecule has 2 nitrogen and oxygen atoms in total. The number of hydrogen-bond acceptors (Lipinski definition) is 2. The molecule has 0 bridgehead atoms. The standard InChI is InChI=1S/C36H35NO/c1-22-20-37-31(17-30(22)25-18-35(2,3)21-36(4,5)19-25)29-12-8-11-27-28-16-15-24-14-13-23-9-6-7-10-26(23)32(24)34(28)38-33(27)29/h6-17,20,25H,18-19,21H2,1-5H3/i1D3,25D. The van der Waals surface area contributed by atoms with Gasteiger partial charge in [0.1, 0.15) is 11.2 Å². The summed E-state index contributed by atoms with van der Waals surface area (Å²) >= 11 is 0. The van der Waals surface area contributed by atoms with E-state index in [4.69, 9.17) is 13.5 Å². The number of fused-ring (bicyclic) bond motifs is 7. The summed E-state index contributed by atoms with van der Waals surface area (Å²) < 4.78 is 41.5. The minimum absolute atomic E-state index is 0.0957. The molecule has 190 valence electrons. The number of benzene rings is 4. The van der Waals surface area contributed by atoms with E-state index >= 15 is 0 Å². The van der Waals surface area contributed by atoms with Crippen LogP contribution in [-0.2, 0) is 0 Å². The molecule has 1 aliphatic rings. The summed E-state index contributed by atoms with van der Waals surface area (Å²) in [5, 5.41) is 6.51. The van der Waals surface area contributed by atoms with E-state index < -0.39 is 12.7 Å². The fourth-order valence-electron chi connectivity index (χ4n) is 7.27. The van der Waals surface area contributed by atoms with Crippen molar-refractivity contribution in [1.82, 2.24) is 4.98 Å². The number of nitrogens with zero attached hydrogens (tertiary/aromatic N) is 1. The molecule has 0 amide bonds. The van der Waals surface area contributed by atoms with Crippen LogP contribution in [0.3, 0.4) is 0 Å². The lowest BCUT2D eigenvalue weighted by molar-refractivity contribution is 0.0967. The van der Waals surface area contributed by atoms with Crippen molar-refractivity contribution in [3.05, 3.63) is 90.1 Å². The molecule has 2 aromatic heterocycles. The van der Waals surface area contributed by atoms with Crippen LogP contribution >= 0.6 is 0 Å². The summed E-state index contributed by atoms with van der Waals surface area (Å²) in [7, 11) is 0. The summed E-state index contributed by atoms with van der Waals surface area (Å²) in [5.41, 5.74) is 3.51. The number of hydrogen-bond donors (Lipinski definition) is 0. The predicted octanol–water partition coefficient (Wildman–Crippen LogP) is 10.6. The third-order valence-corrected chi connectivity index (χ3v) is 8.27. The summed E-state index contributed by atoms with van der Waals surface area (Å²) in [6.07, 6.45) is 3.64. The monoisotopic (exact) mass is 501 g/mol. The van der Waals surface area contributed by atoms with E-state index in [9.17, 15) is 1.37 Å². The fraction of sp³-hybridized carbons (Fsp3) is 0.306. The van der Waals surface area contributed by atoms with Crippen molar-refractivity contribution in [2.75, 3.05) is 0 Å². The predicted molar refractivity (Wildman–Crippen MR) is 161 cm³/mol. The van der Waals surface area contributed by atoms with Gasteiger partial charge in [0.2, 0.25) is 0 Å². The second kappa shape index (κ2) is 8.17.